The van der Waals surface area contributed by atoms with Crippen LogP contribution in [-0.2, 0) is 28.4 Å². The maximum Gasteiger partial charge on any atom is 0.187 e. The maximum atomic E-state index is 10.8. The summed E-state index contributed by atoms with van der Waals surface area (Å²) in [6.07, 6.45) is -24.1. The first kappa shape index (κ1) is 28.9. The lowest BCUT2D eigenvalue weighted by Crippen LogP contribution is -2.66. The molecule has 0 amide bonds. The zero-order valence-corrected chi connectivity index (χ0v) is 18.7. The monoisotopic (exact) mass is 518 g/mol. The van der Waals surface area contributed by atoms with E-state index < -0.39 is 112 Å². The van der Waals surface area contributed by atoms with Crippen molar-refractivity contribution in [3.63, 3.8) is 0 Å². The zero-order valence-electron chi connectivity index (χ0n) is 18.7. The van der Waals surface area contributed by atoms with Crippen LogP contribution in [0.5, 0.6) is 0 Å². The van der Waals surface area contributed by atoms with Gasteiger partial charge in [0.15, 0.2) is 18.9 Å². The van der Waals surface area contributed by atoms with Gasteiger partial charge in [-0.05, 0) is 0 Å². The molecule has 0 radical (unpaired) electrons. The fourth-order valence-corrected chi connectivity index (χ4v) is 4.23. The second-order valence-electron chi connectivity index (χ2n) is 8.55. The Bertz CT molecular complexity index is 652. The van der Waals surface area contributed by atoms with Crippen molar-refractivity contribution in [3.05, 3.63) is 0 Å². The standard InChI is InChI=1S/C19H34O16/c1-30-17-13(28)11(26)15(7(4-22)33-17)34-19-14(29)16(9(24)6(3-21)32-19)35-18-12(27)10(25)8(23)5(2-20)31-18/h5-29H,2-4H2,1H3/t5?,6?,7?,8-,9-,10?,11?,12-,13?,14?,15+,16?,17+,18+,19-/m0/s1. The Kier molecular flexibility index (Phi) is 10.1. The van der Waals surface area contributed by atoms with Crippen molar-refractivity contribution in [2.45, 2.75) is 92.1 Å². The summed E-state index contributed by atoms with van der Waals surface area (Å²) in [6, 6.07) is 0. The first-order valence-electron chi connectivity index (χ1n) is 11.0. The molecular formula is C19H34O16. The van der Waals surface area contributed by atoms with Crippen molar-refractivity contribution in [2.24, 2.45) is 0 Å². The van der Waals surface area contributed by atoms with Gasteiger partial charge in [0.05, 0.1) is 19.8 Å². The maximum absolute atomic E-state index is 10.8. The third-order valence-corrected chi connectivity index (χ3v) is 6.31. The quantitative estimate of drug-likeness (QED) is 0.143. The van der Waals surface area contributed by atoms with E-state index in [1.54, 1.807) is 0 Å². The molecule has 0 aliphatic carbocycles. The van der Waals surface area contributed by atoms with E-state index in [-0.39, 0.29) is 0 Å². The predicted molar refractivity (Wildman–Crippen MR) is 106 cm³/mol. The predicted octanol–water partition coefficient (Wildman–Crippen LogP) is -6.92. The number of aliphatic hydroxyl groups excluding tert-OH is 10. The molecule has 0 bridgehead atoms. The van der Waals surface area contributed by atoms with Gasteiger partial charge in [0.2, 0.25) is 0 Å². The molecule has 15 atom stereocenters. The van der Waals surface area contributed by atoms with Gasteiger partial charge in [-0.15, -0.1) is 0 Å². The molecule has 206 valence electrons. The average molecular weight is 518 g/mol. The summed E-state index contributed by atoms with van der Waals surface area (Å²) in [5.74, 6) is 0. The van der Waals surface area contributed by atoms with E-state index >= 15 is 0 Å². The van der Waals surface area contributed by atoms with Gasteiger partial charge in [-0.2, -0.15) is 0 Å². The molecule has 0 aromatic rings. The third-order valence-electron chi connectivity index (χ3n) is 6.31. The summed E-state index contributed by atoms with van der Waals surface area (Å²) in [6.45, 7) is -2.22. The lowest BCUT2D eigenvalue weighted by molar-refractivity contribution is -0.379. The smallest absolute Gasteiger partial charge is 0.187 e. The van der Waals surface area contributed by atoms with Crippen LogP contribution in [0.3, 0.4) is 0 Å². The minimum Gasteiger partial charge on any atom is -0.394 e. The minimum absolute atomic E-state index is 0.687. The normalized spacial score (nSPS) is 51.3. The van der Waals surface area contributed by atoms with Gasteiger partial charge in [0.25, 0.3) is 0 Å². The molecule has 3 fully saturated rings. The summed E-state index contributed by atoms with van der Waals surface area (Å²) in [7, 11) is 1.21. The fraction of sp³-hybridized carbons (Fsp3) is 1.00. The van der Waals surface area contributed by atoms with Crippen LogP contribution in [0, 0.1) is 0 Å². The van der Waals surface area contributed by atoms with Crippen LogP contribution in [0.15, 0.2) is 0 Å². The summed E-state index contributed by atoms with van der Waals surface area (Å²) in [5, 5.41) is 101. The summed E-state index contributed by atoms with van der Waals surface area (Å²) in [4.78, 5) is 0. The van der Waals surface area contributed by atoms with E-state index in [1.165, 1.54) is 7.11 Å². The van der Waals surface area contributed by atoms with Gasteiger partial charge in [-0.3, -0.25) is 0 Å². The Balaban J connectivity index is 1.78. The Morgan fingerprint density at radius 1 is 0.486 bits per heavy atom. The van der Waals surface area contributed by atoms with Gasteiger partial charge in [0, 0.05) is 7.11 Å². The summed E-state index contributed by atoms with van der Waals surface area (Å²) >= 11 is 0. The molecule has 10 N–H and O–H groups in total. The number of hydrogen-bond donors (Lipinski definition) is 10. The molecule has 0 aromatic heterocycles. The van der Waals surface area contributed by atoms with E-state index in [0.29, 0.717) is 0 Å². The minimum atomic E-state index is -1.87. The summed E-state index contributed by atoms with van der Waals surface area (Å²) < 4.78 is 31.9. The molecular weight excluding hydrogens is 484 g/mol. The second-order valence-corrected chi connectivity index (χ2v) is 8.55. The summed E-state index contributed by atoms with van der Waals surface area (Å²) in [5.41, 5.74) is 0. The molecule has 35 heavy (non-hydrogen) atoms. The molecule has 16 heteroatoms. The van der Waals surface area contributed by atoms with Crippen LogP contribution < -0.4 is 0 Å². The lowest BCUT2D eigenvalue weighted by atomic mass is 9.96. The molecule has 0 saturated carbocycles. The highest BCUT2D eigenvalue weighted by atomic mass is 16.8. The van der Waals surface area contributed by atoms with Crippen LogP contribution >= 0.6 is 0 Å². The van der Waals surface area contributed by atoms with Crippen LogP contribution in [0.25, 0.3) is 0 Å². The van der Waals surface area contributed by atoms with Crippen LogP contribution in [0.1, 0.15) is 0 Å². The van der Waals surface area contributed by atoms with Crippen molar-refractivity contribution < 1.29 is 79.5 Å². The largest absolute Gasteiger partial charge is 0.394 e. The Morgan fingerprint density at radius 2 is 0.943 bits per heavy atom. The number of aliphatic hydroxyl groups is 10. The molecule has 3 saturated heterocycles. The number of ether oxygens (including phenoxy) is 6. The fourth-order valence-electron chi connectivity index (χ4n) is 4.23. The SMILES string of the molecule is CO[C@@H]1OC(CO)[C@@H](O[C@@H]2OC(CO)[C@H](O)C(O[C@H]3OC(CO)[C@H](O)C(O)[C@@H]3O)C2O)C(O)C1O. The molecule has 3 heterocycles. The van der Waals surface area contributed by atoms with Crippen molar-refractivity contribution in [3.8, 4) is 0 Å². The second kappa shape index (κ2) is 12.3. The number of rotatable bonds is 8. The van der Waals surface area contributed by atoms with Crippen LogP contribution in [0.4, 0.5) is 0 Å². The van der Waals surface area contributed by atoms with Gasteiger partial charge in [-0.25, -0.2) is 0 Å². The number of methoxy groups -OCH3 is 1. The Labute approximate surface area is 199 Å². The molecule has 3 aliphatic rings. The zero-order chi connectivity index (χ0) is 26.0. The average Bonchev–Trinajstić information content (AvgIpc) is 2.86. The number of hydrogen-bond acceptors (Lipinski definition) is 16. The van der Waals surface area contributed by atoms with Gasteiger partial charge in [-0.1, -0.05) is 0 Å². The molecule has 8 unspecified atom stereocenters. The highest BCUT2D eigenvalue weighted by Gasteiger charge is 2.53. The first-order valence-corrected chi connectivity index (χ1v) is 11.0. The van der Waals surface area contributed by atoms with E-state index in [9.17, 15) is 51.1 Å². The van der Waals surface area contributed by atoms with Gasteiger partial charge >= 0.3 is 0 Å². The van der Waals surface area contributed by atoms with Crippen LogP contribution in [-0.4, -0.2) is 170 Å². The Hall–Kier alpha value is -0.640. The molecule has 0 aromatic carbocycles. The van der Waals surface area contributed by atoms with Crippen molar-refractivity contribution >= 4 is 0 Å². The molecule has 3 aliphatic heterocycles. The van der Waals surface area contributed by atoms with E-state index in [0.717, 1.165) is 0 Å². The molecule has 3 rings (SSSR count). The highest BCUT2D eigenvalue weighted by Crippen LogP contribution is 2.32. The van der Waals surface area contributed by atoms with Crippen LogP contribution in [0.2, 0.25) is 0 Å². The van der Waals surface area contributed by atoms with Crippen molar-refractivity contribution in [1.82, 2.24) is 0 Å². The van der Waals surface area contributed by atoms with Crippen molar-refractivity contribution in [2.75, 3.05) is 26.9 Å². The molecule has 16 nitrogen and oxygen atoms in total. The topological polar surface area (TPSA) is 258 Å². The highest BCUT2D eigenvalue weighted by molar-refractivity contribution is 4.96. The van der Waals surface area contributed by atoms with E-state index in [2.05, 4.69) is 0 Å². The molecule has 0 spiro atoms. The van der Waals surface area contributed by atoms with Gasteiger partial charge in [0.1, 0.15) is 73.2 Å². The van der Waals surface area contributed by atoms with E-state index in [4.69, 9.17) is 28.4 Å². The van der Waals surface area contributed by atoms with E-state index in [1.807, 2.05) is 0 Å². The van der Waals surface area contributed by atoms with Gasteiger partial charge < -0.3 is 79.5 Å². The lowest BCUT2D eigenvalue weighted by Gasteiger charge is -2.48. The third kappa shape index (κ3) is 5.78. The Morgan fingerprint density at radius 3 is 1.49 bits per heavy atom. The first-order chi connectivity index (χ1) is 16.6. The van der Waals surface area contributed by atoms with Crippen molar-refractivity contribution in [1.29, 1.82) is 0 Å².